The molecule has 0 atom stereocenters. The van der Waals surface area contributed by atoms with Crippen LogP contribution >= 0.6 is 34.8 Å². The van der Waals surface area contributed by atoms with Crippen LogP contribution in [-0.4, -0.2) is 46.0 Å². The number of rotatable bonds is 7. The van der Waals surface area contributed by atoms with Gasteiger partial charge in [-0.1, -0.05) is 72.9 Å². The SMILES string of the molecule is CCN(CC)CCNc1nc(-c2ccccc2C)nc(C(Cl)(Cl)Cl)n1. The van der Waals surface area contributed by atoms with Gasteiger partial charge >= 0.3 is 0 Å². The maximum absolute atomic E-state index is 6.00. The van der Waals surface area contributed by atoms with Crippen molar-refractivity contribution in [2.75, 3.05) is 31.5 Å². The van der Waals surface area contributed by atoms with Gasteiger partial charge < -0.3 is 10.2 Å². The number of anilines is 1. The van der Waals surface area contributed by atoms with Gasteiger partial charge in [0.25, 0.3) is 0 Å². The lowest BCUT2D eigenvalue weighted by atomic mass is 10.1. The van der Waals surface area contributed by atoms with E-state index in [2.05, 4.69) is 39.0 Å². The van der Waals surface area contributed by atoms with Gasteiger partial charge in [-0.05, 0) is 25.6 Å². The fourth-order valence-electron chi connectivity index (χ4n) is 2.39. The second-order valence-corrected chi connectivity index (χ2v) is 7.85. The summed E-state index contributed by atoms with van der Waals surface area (Å²) in [5.41, 5.74) is 1.92. The van der Waals surface area contributed by atoms with E-state index < -0.39 is 3.79 Å². The highest BCUT2D eigenvalue weighted by Gasteiger charge is 2.28. The predicted molar refractivity (Wildman–Crippen MR) is 106 cm³/mol. The number of hydrogen-bond acceptors (Lipinski definition) is 5. The van der Waals surface area contributed by atoms with Gasteiger partial charge in [0, 0.05) is 18.7 Å². The van der Waals surface area contributed by atoms with Crippen LogP contribution in [0.4, 0.5) is 5.95 Å². The topological polar surface area (TPSA) is 53.9 Å². The van der Waals surface area contributed by atoms with Gasteiger partial charge in [0.1, 0.15) is 0 Å². The zero-order chi connectivity index (χ0) is 18.4. The lowest BCUT2D eigenvalue weighted by Gasteiger charge is -2.18. The summed E-state index contributed by atoms with van der Waals surface area (Å²) in [5.74, 6) is 0.998. The van der Waals surface area contributed by atoms with E-state index >= 15 is 0 Å². The van der Waals surface area contributed by atoms with Gasteiger partial charge in [-0.3, -0.25) is 0 Å². The minimum atomic E-state index is -1.71. The van der Waals surface area contributed by atoms with E-state index in [4.69, 9.17) is 34.8 Å². The third-order valence-corrected chi connectivity index (χ3v) is 4.39. The van der Waals surface area contributed by atoms with Crippen molar-refractivity contribution in [2.45, 2.75) is 24.6 Å². The highest BCUT2D eigenvalue weighted by molar-refractivity contribution is 6.66. The van der Waals surface area contributed by atoms with Crippen molar-refractivity contribution < 1.29 is 0 Å². The van der Waals surface area contributed by atoms with E-state index in [1.165, 1.54) is 0 Å². The number of alkyl halides is 3. The van der Waals surface area contributed by atoms with Crippen molar-refractivity contribution in [3.8, 4) is 11.4 Å². The Bertz CT molecular complexity index is 699. The molecule has 1 aromatic carbocycles. The molecule has 2 rings (SSSR count). The van der Waals surface area contributed by atoms with E-state index in [-0.39, 0.29) is 5.82 Å². The highest BCUT2D eigenvalue weighted by atomic mass is 35.6. The Morgan fingerprint density at radius 1 is 1.04 bits per heavy atom. The molecule has 0 aliphatic rings. The van der Waals surface area contributed by atoms with Gasteiger partial charge in [-0.2, -0.15) is 9.97 Å². The van der Waals surface area contributed by atoms with Crippen LogP contribution in [0, 0.1) is 6.92 Å². The van der Waals surface area contributed by atoms with Gasteiger partial charge in [0.15, 0.2) is 11.6 Å². The second-order valence-electron chi connectivity index (χ2n) is 5.57. The summed E-state index contributed by atoms with van der Waals surface area (Å²) in [5, 5.41) is 3.21. The number of nitrogens with one attached hydrogen (secondary N) is 1. The molecule has 0 radical (unpaired) electrons. The molecule has 0 saturated carbocycles. The van der Waals surface area contributed by atoms with Crippen molar-refractivity contribution >= 4 is 40.8 Å². The Kier molecular flexibility index (Phi) is 7.25. The van der Waals surface area contributed by atoms with Crippen LogP contribution in [0.5, 0.6) is 0 Å². The number of aryl methyl sites for hydroxylation is 1. The normalized spacial score (nSPS) is 11.8. The third kappa shape index (κ3) is 5.68. The van der Waals surface area contributed by atoms with Crippen molar-refractivity contribution in [3.63, 3.8) is 0 Å². The molecule has 0 bridgehead atoms. The molecule has 2 aromatic rings. The van der Waals surface area contributed by atoms with Gasteiger partial charge in [0.2, 0.25) is 9.74 Å². The van der Waals surface area contributed by atoms with Crippen molar-refractivity contribution in [2.24, 2.45) is 0 Å². The minimum absolute atomic E-state index is 0.107. The molecule has 5 nitrogen and oxygen atoms in total. The van der Waals surface area contributed by atoms with Crippen molar-refractivity contribution in [1.82, 2.24) is 19.9 Å². The maximum Gasteiger partial charge on any atom is 0.250 e. The van der Waals surface area contributed by atoms with Crippen LogP contribution in [-0.2, 0) is 3.79 Å². The lowest BCUT2D eigenvalue weighted by Crippen LogP contribution is -2.29. The largest absolute Gasteiger partial charge is 0.353 e. The molecule has 0 unspecified atom stereocenters. The van der Waals surface area contributed by atoms with Crippen LogP contribution in [0.15, 0.2) is 24.3 Å². The van der Waals surface area contributed by atoms with E-state index in [1.54, 1.807) is 0 Å². The summed E-state index contributed by atoms with van der Waals surface area (Å²) >= 11 is 18.0. The van der Waals surface area contributed by atoms with E-state index in [0.29, 0.717) is 18.3 Å². The summed E-state index contributed by atoms with van der Waals surface area (Å²) < 4.78 is -1.71. The zero-order valence-electron chi connectivity index (χ0n) is 14.6. The Balaban J connectivity index is 2.30. The first kappa shape index (κ1) is 20.2. The van der Waals surface area contributed by atoms with Crippen LogP contribution < -0.4 is 5.32 Å². The molecule has 136 valence electrons. The average Bonchev–Trinajstić information content (AvgIpc) is 2.58. The Morgan fingerprint density at radius 3 is 2.32 bits per heavy atom. The number of hydrogen-bond donors (Lipinski definition) is 1. The van der Waals surface area contributed by atoms with Gasteiger partial charge in [0.05, 0.1) is 0 Å². The molecule has 8 heteroatoms. The molecule has 1 heterocycles. The molecule has 0 amide bonds. The minimum Gasteiger partial charge on any atom is -0.353 e. The summed E-state index contributed by atoms with van der Waals surface area (Å²) in [7, 11) is 0. The first-order chi connectivity index (χ1) is 11.8. The fourth-order valence-corrected chi connectivity index (χ4v) is 2.65. The van der Waals surface area contributed by atoms with Gasteiger partial charge in [-0.15, -0.1) is 0 Å². The number of benzene rings is 1. The Hall–Kier alpha value is -1.14. The highest BCUT2D eigenvalue weighted by Crippen LogP contribution is 2.37. The van der Waals surface area contributed by atoms with Crippen LogP contribution in [0.3, 0.4) is 0 Å². The fraction of sp³-hybridized carbons (Fsp3) is 0.471. The summed E-state index contributed by atoms with van der Waals surface area (Å²) in [6.45, 7) is 9.79. The number of nitrogens with zero attached hydrogens (tertiary/aromatic N) is 4. The summed E-state index contributed by atoms with van der Waals surface area (Å²) in [6, 6.07) is 7.81. The number of aromatic nitrogens is 3. The van der Waals surface area contributed by atoms with E-state index in [9.17, 15) is 0 Å². The predicted octanol–water partition coefficient (Wildman–Crippen LogP) is 4.43. The average molecular weight is 403 g/mol. The monoisotopic (exact) mass is 401 g/mol. The molecular formula is C17H22Cl3N5. The molecule has 25 heavy (non-hydrogen) atoms. The lowest BCUT2D eigenvalue weighted by molar-refractivity contribution is 0.316. The maximum atomic E-state index is 6.00. The second kappa shape index (κ2) is 8.99. The standard InChI is InChI=1S/C17H22Cl3N5/c1-4-25(5-2)11-10-21-16-23-14(13-9-7-6-8-12(13)3)22-15(24-16)17(18,19)20/h6-9H,4-5,10-11H2,1-3H3,(H,21,22,23,24). The molecule has 0 aliphatic heterocycles. The van der Waals surface area contributed by atoms with Crippen LogP contribution in [0.1, 0.15) is 25.2 Å². The molecule has 0 saturated heterocycles. The number of halogens is 3. The van der Waals surface area contributed by atoms with Crippen molar-refractivity contribution in [1.29, 1.82) is 0 Å². The van der Waals surface area contributed by atoms with E-state index in [1.807, 2.05) is 31.2 Å². The molecule has 0 fully saturated rings. The molecule has 0 spiro atoms. The summed E-state index contributed by atoms with van der Waals surface area (Å²) in [6.07, 6.45) is 0. The molecule has 1 aromatic heterocycles. The molecule has 1 N–H and O–H groups in total. The Morgan fingerprint density at radius 2 is 1.72 bits per heavy atom. The molecular weight excluding hydrogens is 381 g/mol. The van der Waals surface area contributed by atoms with Crippen LogP contribution in [0.2, 0.25) is 0 Å². The van der Waals surface area contributed by atoms with Crippen LogP contribution in [0.25, 0.3) is 11.4 Å². The number of likely N-dealkylation sites (N-methyl/N-ethyl adjacent to an activating group) is 1. The van der Waals surface area contributed by atoms with Gasteiger partial charge in [-0.25, -0.2) is 4.98 Å². The smallest absolute Gasteiger partial charge is 0.250 e. The van der Waals surface area contributed by atoms with E-state index in [0.717, 1.165) is 30.8 Å². The Labute approximate surface area is 163 Å². The third-order valence-electron chi connectivity index (χ3n) is 3.88. The van der Waals surface area contributed by atoms with Crippen molar-refractivity contribution in [3.05, 3.63) is 35.7 Å². The quantitative estimate of drug-likeness (QED) is 0.694. The first-order valence-corrected chi connectivity index (χ1v) is 9.34. The summed E-state index contributed by atoms with van der Waals surface area (Å²) in [4.78, 5) is 15.4. The zero-order valence-corrected chi connectivity index (χ0v) is 16.8. The first-order valence-electron chi connectivity index (χ1n) is 8.20. The molecule has 0 aliphatic carbocycles.